The summed E-state index contributed by atoms with van der Waals surface area (Å²) >= 11 is 0. The number of allylic oxidation sites excluding steroid dienone is 1. The summed E-state index contributed by atoms with van der Waals surface area (Å²) in [7, 11) is 0. The maximum absolute atomic E-state index is 5.29. The van der Waals surface area contributed by atoms with Crippen molar-refractivity contribution >= 4 is 0 Å². The molecule has 0 saturated carbocycles. The zero-order chi connectivity index (χ0) is 10.5. The predicted octanol–water partition coefficient (Wildman–Crippen LogP) is 2.71. The average Bonchev–Trinajstić information content (AvgIpc) is 2.01. The van der Waals surface area contributed by atoms with Gasteiger partial charge in [0.15, 0.2) is 0 Å². The van der Waals surface area contributed by atoms with Crippen LogP contribution in [0.2, 0.25) is 0 Å². The summed E-state index contributed by atoms with van der Waals surface area (Å²) in [6.45, 7) is 12.1. The van der Waals surface area contributed by atoms with Crippen LogP contribution in [-0.4, -0.2) is 6.04 Å². The van der Waals surface area contributed by atoms with Crippen molar-refractivity contribution in [2.75, 3.05) is 0 Å². The van der Waals surface area contributed by atoms with E-state index < -0.39 is 0 Å². The Labute approximate surface area is 81.9 Å². The molecule has 0 aliphatic carbocycles. The molecule has 0 heterocycles. The third-order valence-electron chi connectivity index (χ3n) is 1.87. The van der Waals surface area contributed by atoms with Crippen LogP contribution >= 0.6 is 0 Å². The monoisotopic (exact) mass is 177 g/mol. The lowest BCUT2D eigenvalue weighted by molar-refractivity contribution is 0.335. The molecule has 1 N–H and O–H groups in total. The van der Waals surface area contributed by atoms with Crippen molar-refractivity contribution in [2.45, 2.75) is 33.7 Å². The molecule has 13 heavy (non-hydrogen) atoms. The molecule has 1 nitrogen and oxygen atoms in total. The van der Waals surface area contributed by atoms with E-state index in [9.17, 15) is 0 Å². The van der Waals surface area contributed by atoms with Gasteiger partial charge < -0.3 is 5.32 Å². The second kappa shape index (κ2) is 4.77. The molecule has 0 aliphatic rings. The lowest BCUT2D eigenvalue weighted by atomic mass is 9.86. The highest BCUT2D eigenvalue weighted by atomic mass is 14.9. The first-order valence-electron chi connectivity index (χ1n) is 4.43. The average molecular weight is 177 g/mol. The Kier molecular flexibility index (Phi) is 4.34. The maximum Gasteiger partial charge on any atom is 0.0498 e. The molecule has 72 valence electrons. The van der Waals surface area contributed by atoms with Crippen molar-refractivity contribution in [2.24, 2.45) is 5.41 Å². The van der Waals surface area contributed by atoms with E-state index in [1.165, 1.54) is 0 Å². The predicted molar refractivity (Wildman–Crippen MR) is 59.2 cm³/mol. The van der Waals surface area contributed by atoms with Crippen LogP contribution in [0.15, 0.2) is 24.4 Å². The summed E-state index contributed by atoms with van der Waals surface area (Å²) in [6, 6.07) is 0.237. The van der Waals surface area contributed by atoms with Crippen LogP contribution in [0.5, 0.6) is 0 Å². The van der Waals surface area contributed by atoms with Crippen molar-refractivity contribution in [3.8, 4) is 12.3 Å². The highest BCUT2D eigenvalue weighted by Crippen LogP contribution is 2.21. The van der Waals surface area contributed by atoms with Crippen LogP contribution in [0.1, 0.15) is 27.7 Å². The first-order chi connectivity index (χ1) is 5.91. The number of hydrogen-bond donors (Lipinski definition) is 1. The summed E-state index contributed by atoms with van der Waals surface area (Å²) in [5, 5.41) is 3.18. The summed E-state index contributed by atoms with van der Waals surface area (Å²) < 4.78 is 0. The first-order valence-corrected chi connectivity index (χ1v) is 4.43. The largest absolute Gasteiger partial charge is 0.385 e. The van der Waals surface area contributed by atoms with Crippen LogP contribution in [0, 0.1) is 17.8 Å². The number of nitrogens with one attached hydrogen (secondary N) is 1. The van der Waals surface area contributed by atoms with Gasteiger partial charge in [-0.05, 0) is 24.1 Å². The lowest BCUT2D eigenvalue weighted by Crippen LogP contribution is -2.35. The van der Waals surface area contributed by atoms with Crippen LogP contribution in [0.4, 0.5) is 0 Å². The van der Waals surface area contributed by atoms with E-state index in [1.54, 1.807) is 6.20 Å². The molecule has 0 aromatic heterocycles. The fourth-order valence-electron chi connectivity index (χ4n) is 0.973. The van der Waals surface area contributed by atoms with Crippen LogP contribution in [-0.2, 0) is 0 Å². The Morgan fingerprint density at radius 3 is 2.38 bits per heavy atom. The minimum Gasteiger partial charge on any atom is -0.385 e. The Morgan fingerprint density at radius 1 is 1.54 bits per heavy atom. The Balaban J connectivity index is 4.65. The van der Waals surface area contributed by atoms with Gasteiger partial charge in [0, 0.05) is 6.04 Å². The van der Waals surface area contributed by atoms with Crippen molar-refractivity contribution in [1.82, 2.24) is 5.32 Å². The molecule has 0 radical (unpaired) electrons. The van der Waals surface area contributed by atoms with Gasteiger partial charge in [-0.25, -0.2) is 0 Å². The van der Waals surface area contributed by atoms with Gasteiger partial charge in [0.1, 0.15) is 0 Å². The fourth-order valence-corrected chi connectivity index (χ4v) is 0.973. The van der Waals surface area contributed by atoms with Gasteiger partial charge in [-0.15, -0.1) is 6.42 Å². The Morgan fingerprint density at radius 2 is 2.08 bits per heavy atom. The van der Waals surface area contributed by atoms with Crippen LogP contribution in [0.3, 0.4) is 0 Å². The van der Waals surface area contributed by atoms with E-state index in [2.05, 4.69) is 44.7 Å². The molecule has 0 amide bonds. The van der Waals surface area contributed by atoms with Crippen LogP contribution < -0.4 is 5.32 Å². The van der Waals surface area contributed by atoms with E-state index >= 15 is 0 Å². The van der Waals surface area contributed by atoms with E-state index in [0.717, 1.165) is 5.57 Å². The molecular weight excluding hydrogens is 158 g/mol. The third kappa shape index (κ3) is 4.42. The van der Waals surface area contributed by atoms with Gasteiger partial charge in [0.05, 0.1) is 0 Å². The quantitative estimate of drug-likeness (QED) is 0.654. The molecule has 0 aliphatic heterocycles. The van der Waals surface area contributed by atoms with Crippen molar-refractivity contribution in [3.63, 3.8) is 0 Å². The highest BCUT2D eigenvalue weighted by Gasteiger charge is 2.20. The van der Waals surface area contributed by atoms with Gasteiger partial charge >= 0.3 is 0 Å². The summed E-state index contributed by atoms with van der Waals surface area (Å²) in [5.74, 6) is 2.61. The maximum atomic E-state index is 5.29. The van der Waals surface area contributed by atoms with Crippen molar-refractivity contribution in [3.05, 3.63) is 24.4 Å². The molecule has 1 heteroatoms. The van der Waals surface area contributed by atoms with E-state index in [-0.39, 0.29) is 11.5 Å². The molecule has 1 unspecified atom stereocenters. The number of rotatable bonds is 3. The number of hydrogen-bond acceptors (Lipinski definition) is 1. The van der Waals surface area contributed by atoms with Gasteiger partial charge in [0.25, 0.3) is 0 Å². The summed E-state index contributed by atoms with van der Waals surface area (Å²) in [6.07, 6.45) is 9.05. The van der Waals surface area contributed by atoms with Crippen molar-refractivity contribution < 1.29 is 0 Å². The smallest absolute Gasteiger partial charge is 0.0498 e. The second-order valence-corrected chi connectivity index (χ2v) is 4.21. The van der Waals surface area contributed by atoms with Gasteiger partial charge in [0.2, 0.25) is 0 Å². The van der Waals surface area contributed by atoms with Gasteiger partial charge in [-0.1, -0.05) is 39.3 Å². The van der Waals surface area contributed by atoms with E-state index in [0.29, 0.717) is 0 Å². The molecule has 0 aromatic rings. The molecule has 0 fully saturated rings. The first kappa shape index (κ1) is 11.8. The highest BCUT2D eigenvalue weighted by molar-refractivity contribution is 5.25. The molecule has 0 bridgehead atoms. The molecular formula is C12H19N. The summed E-state index contributed by atoms with van der Waals surface area (Å²) in [4.78, 5) is 0. The zero-order valence-electron chi connectivity index (χ0n) is 9.02. The van der Waals surface area contributed by atoms with Gasteiger partial charge in [-0.3, -0.25) is 0 Å². The van der Waals surface area contributed by atoms with Gasteiger partial charge in [-0.2, -0.15) is 0 Å². The normalized spacial score (nSPS) is 14.5. The fraction of sp³-hybridized carbons (Fsp3) is 0.500. The standard InChI is InChI=1S/C12H19N/c1-7-10(3)9-11(13-8-2)12(4,5)6/h1,8-9,11,13H,2H2,3-6H3/b10-9+. The topological polar surface area (TPSA) is 12.0 Å². The summed E-state index contributed by atoms with van der Waals surface area (Å²) in [5.41, 5.74) is 1.10. The third-order valence-corrected chi connectivity index (χ3v) is 1.87. The SMILES string of the molecule is C#C/C(C)=C/C(NC=C)C(C)(C)C. The molecule has 0 spiro atoms. The molecule has 1 atom stereocenters. The molecule has 0 saturated heterocycles. The van der Waals surface area contributed by atoms with Crippen LogP contribution in [0.25, 0.3) is 0 Å². The molecule has 0 aromatic carbocycles. The second-order valence-electron chi connectivity index (χ2n) is 4.21. The van der Waals surface area contributed by atoms with Crippen molar-refractivity contribution in [1.29, 1.82) is 0 Å². The zero-order valence-corrected chi connectivity index (χ0v) is 9.02. The number of terminal acetylenes is 1. The Bertz CT molecular complexity index is 235. The lowest BCUT2D eigenvalue weighted by Gasteiger charge is -2.28. The molecule has 0 rings (SSSR count). The Hall–Kier alpha value is -1.16. The minimum atomic E-state index is 0.145. The van der Waals surface area contributed by atoms with E-state index in [4.69, 9.17) is 6.42 Å². The van der Waals surface area contributed by atoms with E-state index in [1.807, 2.05) is 6.92 Å². The minimum absolute atomic E-state index is 0.145.